The summed E-state index contributed by atoms with van der Waals surface area (Å²) in [7, 11) is 3.62. The van der Waals surface area contributed by atoms with Crippen LogP contribution in [0.15, 0.2) is 4.99 Å². The molecule has 0 aromatic heterocycles. The third-order valence-electron chi connectivity index (χ3n) is 5.05. The molecule has 0 amide bonds. The third kappa shape index (κ3) is 4.57. The zero-order chi connectivity index (χ0) is 15.8. The van der Waals surface area contributed by atoms with Crippen molar-refractivity contribution in [3.8, 4) is 0 Å². The Morgan fingerprint density at radius 1 is 1.36 bits per heavy atom. The van der Waals surface area contributed by atoms with Gasteiger partial charge in [0.05, 0.1) is 5.60 Å². The number of nitrogens with one attached hydrogen (secondary N) is 2. The van der Waals surface area contributed by atoms with Gasteiger partial charge in [0.1, 0.15) is 0 Å². The molecular formula is C16H32N4O2. The average molecular weight is 312 g/mol. The number of rotatable bonds is 6. The predicted molar refractivity (Wildman–Crippen MR) is 89.4 cm³/mol. The van der Waals surface area contributed by atoms with Crippen LogP contribution in [0.5, 0.6) is 0 Å². The highest BCUT2D eigenvalue weighted by atomic mass is 16.5. The van der Waals surface area contributed by atoms with E-state index < -0.39 is 0 Å². The van der Waals surface area contributed by atoms with E-state index in [0.29, 0.717) is 6.04 Å². The largest absolute Gasteiger partial charge is 0.381 e. The number of methoxy groups -OCH3 is 1. The molecule has 2 heterocycles. The maximum Gasteiger partial charge on any atom is 0.191 e. The van der Waals surface area contributed by atoms with Crippen LogP contribution >= 0.6 is 0 Å². The molecule has 0 radical (unpaired) electrons. The minimum Gasteiger partial charge on any atom is -0.381 e. The zero-order valence-electron chi connectivity index (χ0n) is 14.4. The van der Waals surface area contributed by atoms with Crippen molar-refractivity contribution in [2.75, 3.05) is 53.6 Å². The summed E-state index contributed by atoms with van der Waals surface area (Å²) >= 11 is 0. The molecule has 2 aliphatic rings. The van der Waals surface area contributed by atoms with Crippen LogP contribution in [0, 0.1) is 0 Å². The predicted octanol–water partition coefficient (Wildman–Crippen LogP) is 0.831. The summed E-state index contributed by atoms with van der Waals surface area (Å²) in [5, 5.41) is 6.89. The van der Waals surface area contributed by atoms with Crippen molar-refractivity contribution in [2.45, 2.75) is 44.2 Å². The topological polar surface area (TPSA) is 58.1 Å². The Morgan fingerprint density at radius 3 is 2.77 bits per heavy atom. The summed E-state index contributed by atoms with van der Waals surface area (Å²) in [5.74, 6) is 0.867. The van der Waals surface area contributed by atoms with Gasteiger partial charge < -0.3 is 20.1 Å². The van der Waals surface area contributed by atoms with Gasteiger partial charge >= 0.3 is 0 Å². The lowest BCUT2D eigenvalue weighted by Crippen LogP contribution is -2.52. The molecule has 2 fully saturated rings. The minimum atomic E-state index is -0.126. The Hall–Kier alpha value is -0.850. The normalized spacial score (nSPS) is 26.1. The van der Waals surface area contributed by atoms with E-state index >= 15 is 0 Å². The maximum atomic E-state index is 5.75. The molecule has 2 saturated heterocycles. The molecule has 22 heavy (non-hydrogen) atoms. The molecule has 0 bridgehead atoms. The highest BCUT2D eigenvalue weighted by molar-refractivity contribution is 5.79. The summed E-state index contributed by atoms with van der Waals surface area (Å²) in [6.07, 6.45) is 4.44. The second-order valence-electron chi connectivity index (χ2n) is 6.23. The summed E-state index contributed by atoms with van der Waals surface area (Å²) in [4.78, 5) is 6.88. The number of guanidine groups is 1. The molecule has 0 aromatic rings. The number of likely N-dealkylation sites (tertiary alicyclic amines) is 1. The summed E-state index contributed by atoms with van der Waals surface area (Å²) < 4.78 is 11.2. The SMILES string of the molecule is CCN1CCCC1CNC(=NC)NCC1(OC)CCOCC1. The lowest BCUT2D eigenvalue weighted by atomic mass is 9.94. The minimum absolute atomic E-state index is 0.126. The fraction of sp³-hybridized carbons (Fsp3) is 0.938. The first-order valence-electron chi connectivity index (χ1n) is 8.54. The Kier molecular flexibility index (Phi) is 6.92. The van der Waals surface area contributed by atoms with Crippen molar-refractivity contribution in [3.05, 3.63) is 0 Å². The van der Waals surface area contributed by atoms with E-state index in [1.165, 1.54) is 19.4 Å². The van der Waals surface area contributed by atoms with Gasteiger partial charge in [-0.25, -0.2) is 0 Å². The standard InChI is InChI=1S/C16H32N4O2/c1-4-20-9-5-6-14(20)12-18-15(17-2)19-13-16(21-3)7-10-22-11-8-16/h14H,4-13H2,1-3H3,(H2,17,18,19). The first kappa shape index (κ1) is 17.5. The molecule has 0 saturated carbocycles. The van der Waals surface area contributed by atoms with E-state index in [4.69, 9.17) is 9.47 Å². The van der Waals surface area contributed by atoms with Crippen molar-refractivity contribution in [3.63, 3.8) is 0 Å². The summed E-state index contributed by atoms with van der Waals surface area (Å²) in [5.41, 5.74) is -0.126. The van der Waals surface area contributed by atoms with E-state index in [9.17, 15) is 0 Å². The first-order valence-corrected chi connectivity index (χ1v) is 8.54. The van der Waals surface area contributed by atoms with Crippen LogP contribution in [0.25, 0.3) is 0 Å². The number of hydrogen-bond acceptors (Lipinski definition) is 4. The Morgan fingerprint density at radius 2 is 2.14 bits per heavy atom. The van der Waals surface area contributed by atoms with Crippen LogP contribution in [0.3, 0.4) is 0 Å². The van der Waals surface area contributed by atoms with Crippen molar-refractivity contribution < 1.29 is 9.47 Å². The lowest BCUT2D eigenvalue weighted by molar-refractivity contribution is -0.0855. The maximum absolute atomic E-state index is 5.75. The lowest BCUT2D eigenvalue weighted by Gasteiger charge is -2.36. The number of likely N-dealkylation sites (N-methyl/N-ethyl adjacent to an activating group) is 1. The van der Waals surface area contributed by atoms with Crippen molar-refractivity contribution >= 4 is 5.96 Å². The van der Waals surface area contributed by atoms with E-state index in [1.807, 2.05) is 7.05 Å². The van der Waals surface area contributed by atoms with Crippen LogP contribution in [0.2, 0.25) is 0 Å². The Bertz CT molecular complexity index is 356. The van der Waals surface area contributed by atoms with Gasteiger partial charge in [0, 0.05) is 59.3 Å². The van der Waals surface area contributed by atoms with E-state index in [-0.39, 0.29) is 5.60 Å². The van der Waals surface area contributed by atoms with Gasteiger partial charge in [0.2, 0.25) is 0 Å². The van der Waals surface area contributed by atoms with Crippen molar-refractivity contribution in [1.82, 2.24) is 15.5 Å². The van der Waals surface area contributed by atoms with Gasteiger partial charge in [-0.1, -0.05) is 6.92 Å². The number of hydrogen-bond donors (Lipinski definition) is 2. The summed E-state index contributed by atoms with van der Waals surface area (Å²) in [6, 6.07) is 0.628. The van der Waals surface area contributed by atoms with Crippen molar-refractivity contribution in [2.24, 2.45) is 4.99 Å². The Balaban J connectivity index is 1.77. The van der Waals surface area contributed by atoms with E-state index in [0.717, 1.165) is 51.6 Å². The molecule has 2 N–H and O–H groups in total. The van der Waals surface area contributed by atoms with E-state index in [1.54, 1.807) is 7.11 Å². The molecule has 2 rings (SSSR count). The van der Waals surface area contributed by atoms with Crippen LogP contribution in [-0.2, 0) is 9.47 Å². The van der Waals surface area contributed by atoms with Gasteiger partial charge in [-0.3, -0.25) is 9.89 Å². The highest BCUT2D eigenvalue weighted by Gasteiger charge is 2.32. The van der Waals surface area contributed by atoms with Crippen LogP contribution in [-0.4, -0.2) is 76.1 Å². The van der Waals surface area contributed by atoms with Crippen LogP contribution < -0.4 is 10.6 Å². The molecule has 1 unspecified atom stereocenters. The second-order valence-corrected chi connectivity index (χ2v) is 6.23. The first-order chi connectivity index (χ1) is 10.7. The molecule has 0 aromatic carbocycles. The highest BCUT2D eigenvalue weighted by Crippen LogP contribution is 2.23. The number of nitrogens with zero attached hydrogens (tertiary/aromatic N) is 2. The van der Waals surface area contributed by atoms with Crippen molar-refractivity contribution in [1.29, 1.82) is 0 Å². The van der Waals surface area contributed by atoms with Gasteiger partial charge in [-0.15, -0.1) is 0 Å². The summed E-state index contributed by atoms with van der Waals surface area (Å²) in [6.45, 7) is 7.86. The number of ether oxygens (including phenoxy) is 2. The monoisotopic (exact) mass is 312 g/mol. The molecular weight excluding hydrogens is 280 g/mol. The van der Waals surface area contributed by atoms with Crippen LogP contribution in [0.4, 0.5) is 0 Å². The zero-order valence-corrected chi connectivity index (χ0v) is 14.4. The fourth-order valence-corrected chi connectivity index (χ4v) is 3.42. The van der Waals surface area contributed by atoms with E-state index in [2.05, 4.69) is 27.4 Å². The molecule has 6 nitrogen and oxygen atoms in total. The molecule has 1 atom stereocenters. The van der Waals surface area contributed by atoms with Crippen LogP contribution in [0.1, 0.15) is 32.6 Å². The number of aliphatic imine (C=N–C) groups is 1. The molecule has 2 aliphatic heterocycles. The molecule has 0 aliphatic carbocycles. The van der Waals surface area contributed by atoms with Gasteiger partial charge in [0.25, 0.3) is 0 Å². The molecule has 0 spiro atoms. The Labute approximate surface area is 134 Å². The smallest absolute Gasteiger partial charge is 0.191 e. The second kappa shape index (κ2) is 8.70. The fourth-order valence-electron chi connectivity index (χ4n) is 3.42. The third-order valence-corrected chi connectivity index (χ3v) is 5.05. The van der Waals surface area contributed by atoms with Gasteiger partial charge in [-0.2, -0.15) is 0 Å². The molecule has 6 heteroatoms. The van der Waals surface area contributed by atoms with Gasteiger partial charge in [0.15, 0.2) is 5.96 Å². The van der Waals surface area contributed by atoms with Gasteiger partial charge in [-0.05, 0) is 25.9 Å². The molecule has 128 valence electrons. The quantitative estimate of drug-likeness (QED) is 0.562. The average Bonchev–Trinajstić information content (AvgIpc) is 3.03.